The molecule has 1 heterocycles. The molecule has 1 aliphatic rings. The summed E-state index contributed by atoms with van der Waals surface area (Å²) in [5, 5.41) is 14.5. The van der Waals surface area contributed by atoms with Crippen molar-refractivity contribution in [1.29, 1.82) is 0 Å². The molecular weight excluding hydrogens is 132 g/mol. The molecule has 0 aromatic rings. The molecule has 1 aliphatic heterocycles. The number of aliphatic carboxylic acids is 1. The van der Waals surface area contributed by atoms with Crippen molar-refractivity contribution in [2.75, 3.05) is 13.2 Å². The molecule has 0 aromatic heterocycles. The second-order valence-corrected chi connectivity index (χ2v) is 2.46. The molecule has 0 aliphatic carbocycles. The zero-order valence-electron chi connectivity index (χ0n) is 5.76. The summed E-state index contributed by atoms with van der Waals surface area (Å²) in [5.74, 6) is -0.723. The standard InChI is InChI=1S/C6H12N2O2/c9-6(10)3-5-1-2-7-4-8-5/h5,7-8H,1-4H2,(H,9,10). The van der Waals surface area contributed by atoms with Crippen molar-refractivity contribution in [3.8, 4) is 0 Å². The van der Waals surface area contributed by atoms with Crippen molar-refractivity contribution >= 4 is 5.97 Å². The maximum atomic E-state index is 10.2. The van der Waals surface area contributed by atoms with Gasteiger partial charge in [-0.05, 0) is 13.0 Å². The topological polar surface area (TPSA) is 61.4 Å². The molecule has 1 rings (SSSR count). The molecule has 4 nitrogen and oxygen atoms in total. The van der Waals surface area contributed by atoms with Gasteiger partial charge in [-0.2, -0.15) is 0 Å². The zero-order chi connectivity index (χ0) is 7.40. The lowest BCUT2D eigenvalue weighted by atomic mass is 10.1. The lowest BCUT2D eigenvalue weighted by Gasteiger charge is -2.22. The maximum Gasteiger partial charge on any atom is 0.304 e. The van der Waals surface area contributed by atoms with Crippen molar-refractivity contribution in [3.63, 3.8) is 0 Å². The number of rotatable bonds is 2. The molecule has 0 spiro atoms. The van der Waals surface area contributed by atoms with E-state index in [0.29, 0.717) is 0 Å². The van der Waals surface area contributed by atoms with Crippen LogP contribution >= 0.6 is 0 Å². The van der Waals surface area contributed by atoms with Gasteiger partial charge in [-0.15, -0.1) is 0 Å². The molecule has 1 unspecified atom stereocenters. The number of carboxylic acids is 1. The minimum atomic E-state index is -0.723. The van der Waals surface area contributed by atoms with E-state index in [4.69, 9.17) is 5.11 Å². The van der Waals surface area contributed by atoms with Gasteiger partial charge in [0.2, 0.25) is 0 Å². The van der Waals surface area contributed by atoms with Gasteiger partial charge in [0.25, 0.3) is 0 Å². The third-order valence-electron chi connectivity index (χ3n) is 1.61. The molecule has 58 valence electrons. The Morgan fingerprint density at radius 1 is 1.70 bits per heavy atom. The lowest BCUT2D eigenvalue weighted by molar-refractivity contribution is -0.137. The first-order chi connectivity index (χ1) is 4.79. The third-order valence-corrected chi connectivity index (χ3v) is 1.61. The van der Waals surface area contributed by atoms with Gasteiger partial charge < -0.3 is 15.7 Å². The molecule has 1 saturated heterocycles. The van der Waals surface area contributed by atoms with Crippen LogP contribution in [0, 0.1) is 0 Å². The van der Waals surface area contributed by atoms with Crippen molar-refractivity contribution < 1.29 is 9.90 Å². The average molecular weight is 144 g/mol. The molecule has 4 heteroatoms. The van der Waals surface area contributed by atoms with Crippen LogP contribution in [0.1, 0.15) is 12.8 Å². The van der Waals surface area contributed by atoms with E-state index in [1.807, 2.05) is 0 Å². The summed E-state index contributed by atoms with van der Waals surface area (Å²) in [6, 6.07) is 0.166. The molecule has 0 bridgehead atoms. The van der Waals surface area contributed by atoms with Gasteiger partial charge in [0.15, 0.2) is 0 Å². The predicted molar refractivity (Wildman–Crippen MR) is 36.7 cm³/mol. The summed E-state index contributed by atoms with van der Waals surface area (Å²) >= 11 is 0. The second-order valence-electron chi connectivity index (χ2n) is 2.46. The summed E-state index contributed by atoms with van der Waals surface area (Å²) in [5.41, 5.74) is 0. The first kappa shape index (κ1) is 7.50. The van der Waals surface area contributed by atoms with E-state index >= 15 is 0 Å². The Labute approximate surface area is 59.6 Å². The van der Waals surface area contributed by atoms with Crippen LogP contribution in [0.15, 0.2) is 0 Å². The largest absolute Gasteiger partial charge is 0.481 e. The fraction of sp³-hybridized carbons (Fsp3) is 0.833. The van der Waals surface area contributed by atoms with Crippen molar-refractivity contribution in [2.45, 2.75) is 18.9 Å². The van der Waals surface area contributed by atoms with E-state index in [2.05, 4.69) is 10.6 Å². The smallest absolute Gasteiger partial charge is 0.304 e. The van der Waals surface area contributed by atoms with Gasteiger partial charge in [-0.3, -0.25) is 4.79 Å². The zero-order valence-corrected chi connectivity index (χ0v) is 5.76. The van der Waals surface area contributed by atoms with Crippen molar-refractivity contribution in [2.24, 2.45) is 0 Å². The summed E-state index contributed by atoms with van der Waals surface area (Å²) in [7, 11) is 0. The van der Waals surface area contributed by atoms with Gasteiger partial charge in [-0.1, -0.05) is 0 Å². The second kappa shape index (κ2) is 3.53. The maximum absolute atomic E-state index is 10.2. The van der Waals surface area contributed by atoms with Gasteiger partial charge in [-0.25, -0.2) is 0 Å². The predicted octanol–water partition coefficient (Wildman–Crippen LogP) is -0.630. The number of hydrogen-bond acceptors (Lipinski definition) is 3. The van der Waals surface area contributed by atoms with Crippen LogP contribution in [0.5, 0.6) is 0 Å². The minimum absolute atomic E-state index is 0.166. The monoisotopic (exact) mass is 144 g/mol. The van der Waals surface area contributed by atoms with Gasteiger partial charge >= 0.3 is 5.97 Å². The summed E-state index contributed by atoms with van der Waals surface area (Å²) in [6.07, 6.45) is 1.15. The summed E-state index contributed by atoms with van der Waals surface area (Å²) < 4.78 is 0. The van der Waals surface area contributed by atoms with Crippen LogP contribution in [0.2, 0.25) is 0 Å². The Balaban J connectivity index is 2.19. The highest BCUT2D eigenvalue weighted by Gasteiger charge is 2.14. The molecule has 0 amide bonds. The fourth-order valence-corrected chi connectivity index (χ4v) is 1.07. The fourth-order valence-electron chi connectivity index (χ4n) is 1.07. The number of carboxylic acid groups (broad SMARTS) is 1. The van der Waals surface area contributed by atoms with Gasteiger partial charge in [0.1, 0.15) is 0 Å². The molecule has 10 heavy (non-hydrogen) atoms. The van der Waals surface area contributed by atoms with Gasteiger partial charge in [0.05, 0.1) is 6.42 Å². The first-order valence-electron chi connectivity index (χ1n) is 3.45. The van der Waals surface area contributed by atoms with Crippen LogP contribution in [0.4, 0.5) is 0 Å². The number of carbonyl (C=O) groups is 1. The molecule has 0 radical (unpaired) electrons. The Morgan fingerprint density at radius 3 is 3.00 bits per heavy atom. The molecule has 0 saturated carbocycles. The highest BCUT2D eigenvalue weighted by atomic mass is 16.4. The minimum Gasteiger partial charge on any atom is -0.481 e. The van der Waals surface area contributed by atoms with E-state index in [-0.39, 0.29) is 12.5 Å². The Morgan fingerprint density at radius 2 is 2.50 bits per heavy atom. The summed E-state index contributed by atoms with van der Waals surface area (Å²) in [6.45, 7) is 1.66. The van der Waals surface area contributed by atoms with Crippen molar-refractivity contribution in [1.82, 2.24) is 10.6 Å². The van der Waals surface area contributed by atoms with Crippen LogP contribution in [0.3, 0.4) is 0 Å². The van der Waals surface area contributed by atoms with E-state index in [1.165, 1.54) is 0 Å². The summed E-state index contributed by atoms with van der Waals surface area (Å²) in [4.78, 5) is 10.2. The highest BCUT2D eigenvalue weighted by molar-refractivity contribution is 5.67. The number of hydrogen-bond donors (Lipinski definition) is 3. The van der Waals surface area contributed by atoms with E-state index in [9.17, 15) is 4.79 Å². The highest BCUT2D eigenvalue weighted by Crippen LogP contribution is 1.99. The van der Waals surface area contributed by atoms with Gasteiger partial charge in [0, 0.05) is 12.7 Å². The Hall–Kier alpha value is -0.610. The molecule has 0 aromatic carbocycles. The first-order valence-corrected chi connectivity index (χ1v) is 3.45. The van der Waals surface area contributed by atoms with Crippen LogP contribution in [-0.4, -0.2) is 30.3 Å². The SMILES string of the molecule is O=C(O)CC1CCNCN1. The molecular formula is C6H12N2O2. The molecule has 1 fully saturated rings. The quantitative estimate of drug-likeness (QED) is 0.483. The van der Waals surface area contributed by atoms with Crippen LogP contribution in [0.25, 0.3) is 0 Å². The van der Waals surface area contributed by atoms with E-state index in [0.717, 1.165) is 19.6 Å². The van der Waals surface area contributed by atoms with Crippen LogP contribution < -0.4 is 10.6 Å². The average Bonchev–Trinajstić information content (AvgIpc) is 1.88. The molecule has 3 N–H and O–H groups in total. The number of nitrogens with one attached hydrogen (secondary N) is 2. The van der Waals surface area contributed by atoms with Crippen molar-refractivity contribution in [3.05, 3.63) is 0 Å². The van der Waals surface area contributed by atoms with E-state index < -0.39 is 5.97 Å². The normalized spacial score (nSPS) is 26.2. The molecule has 1 atom stereocenters. The third kappa shape index (κ3) is 2.33. The van der Waals surface area contributed by atoms with Crippen LogP contribution in [-0.2, 0) is 4.79 Å². The lowest BCUT2D eigenvalue weighted by Crippen LogP contribution is -2.45. The Bertz CT molecular complexity index is 121. The van der Waals surface area contributed by atoms with E-state index in [1.54, 1.807) is 0 Å². The Kier molecular flexibility index (Phi) is 2.65.